The zero-order chi connectivity index (χ0) is 21.7. The maximum absolute atomic E-state index is 11.3. The molecule has 2 saturated carbocycles. The summed E-state index contributed by atoms with van der Waals surface area (Å²) >= 11 is 0. The van der Waals surface area contributed by atoms with Gasteiger partial charge in [0.2, 0.25) is 0 Å². The standard InChI is InChI=1S/C13H20O2.C10H16O4/c1-5-11(14)15-10-8-9-6-7-13(10,4)12(9,2)3;1-3-9(11)14-7-10(4-2)5-12-8-13-6-10/h5,9-10H,1,6-8H2,2-4H3;3H,1,4-8H2,2H3. The van der Waals surface area contributed by atoms with E-state index in [2.05, 4.69) is 33.9 Å². The first-order valence-corrected chi connectivity index (χ1v) is 10.4. The minimum Gasteiger partial charge on any atom is -0.462 e. The Morgan fingerprint density at radius 1 is 1.10 bits per heavy atom. The number of carbonyl (C=O) groups is 2. The van der Waals surface area contributed by atoms with Crippen molar-refractivity contribution in [3.8, 4) is 0 Å². The molecule has 1 saturated heterocycles. The Labute approximate surface area is 174 Å². The zero-order valence-electron chi connectivity index (χ0n) is 18.3. The fourth-order valence-corrected chi connectivity index (χ4v) is 4.79. The average Bonchev–Trinajstić information content (AvgIpc) is 3.06. The van der Waals surface area contributed by atoms with Crippen molar-refractivity contribution in [1.82, 2.24) is 0 Å². The highest BCUT2D eigenvalue weighted by atomic mass is 16.7. The van der Waals surface area contributed by atoms with E-state index in [9.17, 15) is 9.59 Å². The third kappa shape index (κ3) is 4.92. The molecule has 3 aliphatic rings. The lowest BCUT2D eigenvalue weighted by Crippen LogP contribution is -2.41. The minimum atomic E-state index is -0.400. The predicted octanol–water partition coefficient (Wildman–Crippen LogP) is 4.05. The monoisotopic (exact) mass is 408 g/mol. The summed E-state index contributed by atoms with van der Waals surface area (Å²) in [6.45, 7) is 17.5. The predicted molar refractivity (Wildman–Crippen MR) is 110 cm³/mol. The second kappa shape index (κ2) is 9.43. The molecule has 0 aromatic heterocycles. The molecule has 0 aromatic rings. The Balaban J connectivity index is 0.000000208. The van der Waals surface area contributed by atoms with Crippen LogP contribution in [0.3, 0.4) is 0 Å². The molecule has 3 fully saturated rings. The molecule has 0 aromatic carbocycles. The molecule has 6 heteroatoms. The molecule has 3 rings (SSSR count). The van der Waals surface area contributed by atoms with Gasteiger partial charge in [-0.2, -0.15) is 0 Å². The van der Waals surface area contributed by atoms with E-state index < -0.39 is 5.97 Å². The molecule has 2 bridgehead atoms. The summed E-state index contributed by atoms with van der Waals surface area (Å²) < 4.78 is 20.9. The lowest BCUT2D eigenvalue weighted by atomic mass is 9.70. The molecule has 0 N–H and O–H groups in total. The van der Waals surface area contributed by atoms with Crippen molar-refractivity contribution in [2.75, 3.05) is 26.6 Å². The van der Waals surface area contributed by atoms with E-state index in [0.29, 0.717) is 37.9 Å². The summed E-state index contributed by atoms with van der Waals surface area (Å²) in [7, 11) is 0. The summed E-state index contributed by atoms with van der Waals surface area (Å²) in [5, 5.41) is 0. The van der Waals surface area contributed by atoms with Gasteiger partial charge in [0.15, 0.2) is 0 Å². The molecule has 0 amide bonds. The van der Waals surface area contributed by atoms with Gasteiger partial charge in [-0.1, -0.05) is 40.9 Å². The van der Waals surface area contributed by atoms with E-state index in [0.717, 1.165) is 18.9 Å². The van der Waals surface area contributed by atoms with Gasteiger partial charge in [0.05, 0.1) is 18.6 Å². The highest BCUT2D eigenvalue weighted by Gasteiger charge is 2.62. The van der Waals surface area contributed by atoms with Crippen LogP contribution in [0.5, 0.6) is 0 Å². The summed E-state index contributed by atoms with van der Waals surface area (Å²) in [6, 6.07) is 0. The van der Waals surface area contributed by atoms with Crippen molar-refractivity contribution in [1.29, 1.82) is 0 Å². The maximum Gasteiger partial charge on any atom is 0.330 e. The van der Waals surface area contributed by atoms with E-state index in [1.54, 1.807) is 0 Å². The Hall–Kier alpha value is -1.66. The summed E-state index contributed by atoms with van der Waals surface area (Å²) in [4.78, 5) is 22.1. The number of hydrogen-bond donors (Lipinski definition) is 0. The largest absolute Gasteiger partial charge is 0.462 e. The van der Waals surface area contributed by atoms with Crippen LogP contribution in [0, 0.1) is 22.2 Å². The molecule has 29 heavy (non-hydrogen) atoms. The summed E-state index contributed by atoms with van der Waals surface area (Å²) in [6.07, 6.45) is 6.87. The van der Waals surface area contributed by atoms with Crippen LogP contribution in [0.25, 0.3) is 0 Å². The molecule has 1 heterocycles. The molecule has 0 spiro atoms. The Kier molecular flexibility index (Phi) is 7.68. The van der Waals surface area contributed by atoms with E-state index in [1.807, 2.05) is 6.92 Å². The number of hydrogen-bond acceptors (Lipinski definition) is 6. The van der Waals surface area contributed by atoms with Crippen molar-refractivity contribution in [2.24, 2.45) is 22.2 Å². The van der Waals surface area contributed by atoms with Gasteiger partial charge in [-0.25, -0.2) is 9.59 Å². The minimum absolute atomic E-state index is 0.0942. The second-order valence-corrected chi connectivity index (χ2v) is 9.22. The van der Waals surface area contributed by atoms with Gasteiger partial charge in [0.1, 0.15) is 19.5 Å². The molecule has 6 nitrogen and oxygen atoms in total. The van der Waals surface area contributed by atoms with Crippen LogP contribution in [0.2, 0.25) is 0 Å². The smallest absolute Gasteiger partial charge is 0.330 e. The van der Waals surface area contributed by atoms with Crippen molar-refractivity contribution in [3.05, 3.63) is 25.3 Å². The highest BCUT2D eigenvalue weighted by molar-refractivity contribution is 5.81. The van der Waals surface area contributed by atoms with Crippen molar-refractivity contribution >= 4 is 11.9 Å². The molecule has 164 valence electrons. The quantitative estimate of drug-likeness (QED) is 0.488. The summed E-state index contributed by atoms with van der Waals surface area (Å²) in [5.41, 5.74) is 0.284. The highest BCUT2D eigenvalue weighted by Crippen LogP contribution is 2.66. The Bertz CT molecular complexity index is 619. The summed E-state index contributed by atoms with van der Waals surface area (Å²) in [5.74, 6) is 0.0399. The number of esters is 2. The lowest BCUT2D eigenvalue weighted by molar-refractivity contribution is -0.185. The van der Waals surface area contributed by atoms with E-state index in [4.69, 9.17) is 18.9 Å². The topological polar surface area (TPSA) is 71.1 Å². The molecule has 0 radical (unpaired) electrons. The fourth-order valence-electron chi connectivity index (χ4n) is 4.79. The Morgan fingerprint density at radius 2 is 1.72 bits per heavy atom. The zero-order valence-corrected chi connectivity index (χ0v) is 18.3. The SMILES string of the molecule is C=CC(=O)OC1CC2CCC1(C)C2(C)C.C=CC(=O)OCC1(CC)COCOC1. The number of ether oxygens (including phenoxy) is 4. The van der Waals surface area contributed by atoms with Gasteiger partial charge < -0.3 is 18.9 Å². The van der Waals surface area contributed by atoms with Crippen molar-refractivity contribution in [2.45, 2.75) is 59.5 Å². The number of fused-ring (bicyclic) bond motifs is 2. The average molecular weight is 409 g/mol. The van der Waals surface area contributed by atoms with Crippen LogP contribution in [0.4, 0.5) is 0 Å². The third-order valence-corrected chi connectivity index (χ3v) is 7.56. The molecule has 3 atom stereocenters. The van der Waals surface area contributed by atoms with Crippen LogP contribution >= 0.6 is 0 Å². The van der Waals surface area contributed by atoms with Gasteiger partial charge in [-0.05, 0) is 37.0 Å². The van der Waals surface area contributed by atoms with E-state index in [-0.39, 0.29) is 22.9 Å². The van der Waals surface area contributed by atoms with Gasteiger partial charge in [0, 0.05) is 17.6 Å². The van der Waals surface area contributed by atoms with Crippen LogP contribution in [0.15, 0.2) is 25.3 Å². The van der Waals surface area contributed by atoms with Crippen molar-refractivity contribution < 1.29 is 28.5 Å². The van der Waals surface area contributed by atoms with E-state index >= 15 is 0 Å². The molecular formula is C23H36O6. The normalized spacial score (nSPS) is 31.2. The first kappa shape index (κ1) is 23.6. The van der Waals surface area contributed by atoms with Gasteiger partial charge >= 0.3 is 11.9 Å². The van der Waals surface area contributed by atoms with Crippen LogP contribution in [0.1, 0.15) is 53.4 Å². The third-order valence-electron chi connectivity index (χ3n) is 7.56. The van der Waals surface area contributed by atoms with Crippen molar-refractivity contribution in [3.63, 3.8) is 0 Å². The van der Waals surface area contributed by atoms with Gasteiger partial charge in [0.25, 0.3) is 0 Å². The lowest BCUT2D eigenvalue weighted by Gasteiger charge is -2.38. The molecule has 2 aliphatic carbocycles. The number of rotatable bonds is 6. The molecule has 3 unspecified atom stereocenters. The maximum atomic E-state index is 11.3. The van der Waals surface area contributed by atoms with Crippen LogP contribution in [-0.4, -0.2) is 44.7 Å². The first-order chi connectivity index (χ1) is 13.6. The van der Waals surface area contributed by atoms with Crippen LogP contribution in [-0.2, 0) is 28.5 Å². The first-order valence-electron chi connectivity index (χ1n) is 10.4. The number of carbonyl (C=O) groups excluding carboxylic acids is 2. The second-order valence-electron chi connectivity index (χ2n) is 9.22. The van der Waals surface area contributed by atoms with Gasteiger partial charge in [-0.15, -0.1) is 0 Å². The van der Waals surface area contributed by atoms with Gasteiger partial charge in [-0.3, -0.25) is 0 Å². The molecular weight excluding hydrogens is 372 g/mol. The van der Waals surface area contributed by atoms with Crippen LogP contribution < -0.4 is 0 Å². The molecule has 1 aliphatic heterocycles. The van der Waals surface area contributed by atoms with E-state index in [1.165, 1.54) is 18.9 Å². The fraction of sp³-hybridized carbons (Fsp3) is 0.739. The Morgan fingerprint density at radius 3 is 2.17 bits per heavy atom.